The summed E-state index contributed by atoms with van der Waals surface area (Å²) in [6, 6.07) is 14.1. The zero-order chi connectivity index (χ0) is 19.1. The molecule has 1 aromatic heterocycles. The number of nitrogens with zero attached hydrogens (tertiary/aromatic N) is 1. The third-order valence-electron chi connectivity index (χ3n) is 4.15. The number of aromatic nitrogens is 1. The normalized spacial score (nSPS) is 10.7. The number of hydrogen-bond acceptors (Lipinski definition) is 4. The van der Waals surface area contributed by atoms with Gasteiger partial charge in [0.2, 0.25) is 5.91 Å². The SMILES string of the molecule is COCc1ccccc1CNC(=O)CCc1ncc(-c2ccccc2F)o1. The fraction of sp³-hybridized carbons (Fsp3) is 0.238. The maximum Gasteiger partial charge on any atom is 0.220 e. The van der Waals surface area contributed by atoms with Gasteiger partial charge >= 0.3 is 0 Å². The Balaban J connectivity index is 1.52. The molecule has 3 aromatic rings. The second kappa shape index (κ2) is 9.09. The molecule has 0 bridgehead atoms. The number of ether oxygens (including phenoxy) is 1. The predicted octanol–water partition coefficient (Wildman–Crippen LogP) is 3.88. The number of halogens is 1. The van der Waals surface area contributed by atoms with Crippen molar-refractivity contribution in [2.24, 2.45) is 0 Å². The first-order valence-electron chi connectivity index (χ1n) is 8.69. The van der Waals surface area contributed by atoms with Crippen molar-refractivity contribution in [3.05, 3.63) is 77.6 Å². The number of amides is 1. The van der Waals surface area contributed by atoms with Crippen molar-refractivity contribution < 1.29 is 18.3 Å². The molecule has 0 spiro atoms. The molecule has 6 heteroatoms. The first-order valence-corrected chi connectivity index (χ1v) is 8.69. The number of rotatable bonds is 8. The van der Waals surface area contributed by atoms with Gasteiger partial charge in [0.05, 0.1) is 18.4 Å². The van der Waals surface area contributed by atoms with Crippen LogP contribution in [0.5, 0.6) is 0 Å². The molecule has 0 aliphatic carbocycles. The van der Waals surface area contributed by atoms with Crippen molar-refractivity contribution in [2.45, 2.75) is 26.0 Å². The lowest BCUT2D eigenvalue weighted by Gasteiger charge is -2.09. The van der Waals surface area contributed by atoms with Crippen LogP contribution in [0.15, 0.2) is 59.1 Å². The van der Waals surface area contributed by atoms with Gasteiger partial charge in [0.25, 0.3) is 0 Å². The Labute approximate surface area is 157 Å². The van der Waals surface area contributed by atoms with Gasteiger partial charge < -0.3 is 14.5 Å². The number of hydrogen-bond donors (Lipinski definition) is 1. The van der Waals surface area contributed by atoms with E-state index in [9.17, 15) is 9.18 Å². The molecule has 0 atom stereocenters. The topological polar surface area (TPSA) is 64.4 Å². The summed E-state index contributed by atoms with van der Waals surface area (Å²) in [5, 5.41) is 2.89. The van der Waals surface area contributed by atoms with Gasteiger partial charge in [-0.15, -0.1) is 0 Å². The lowest BCUT2D eigenvalue weighted by atomic mass is 10.1. The minimum Gasteiger partial charge on any atom is -0.441 e. The number of oxazole rings is 1. The Bertz CT molecular complexity index is 908. The molecule has 2 aromatic carbocycles. The number of carbonyl (C=O) groups excluding carboxylic acids is 1. The molecule has 0 fully saturated rings. The van der Waals surface area contributed by atoms with E-state index < -0.39 is 0 Å². The first-order chi connectivity index (χ1) is 13.2. The highest BCUT2D eigenvalue weighted by Crippen LogP contribution is 2.23. The fourth-order valence-electron chi connectivity index (χ4n) is 2.74. The van der Waals surface area contributed by atoms with Gasteiger partial charge in [-0.3, -0.25) is 4.79 Å². The molecule has 5 nitrogen and oxygen atoms in total. The van der Waals surface area contributed by atoms with Crippen LogP contribution in [-0.4, -0.2) is 18.0 Å². The van der Waals surface area contributed by atoms with Crippen LogP contribution in [0.25, 0.3) is 11.3 Å². The molecular weight excluding hydrogens is 347 g/mol. The quantitative estimate of drug-likeness (QED) is 0.655. The summed E-state index contributed by atoms with van der Waals surface area (Å²) in [5.74, 6) is 0.292. The molecule has 0 saturated heterocycles. The van der Waals surface area contributed by atoms with Gasteiger partial charge in [0.1, 0.15) is 5.82 Å². The minimum absolute atomic E-state index is 0.104. The Kier molecular flexibility index (Phi) is 6.33. The van der Waals surface area contributed by atoms with E-state index in [0.29, 0.717) is 36.8 Å². The molecule has 1 N–H and O–H groups in total. The molecule has 0 radical (unpaired) electrons. The predicted molar refractivity (Wildman–Crippen MR) is 99.2 cm³/mol. The molecule has 1 heterocycles. The van der Waals surface area contributed by atoms with Crippen molar-refractivity contribution in [1.82, 2.24) is 10.3 Å². The van der Waals surface area contributed by atoms with Crippen molar-refractivity contribution >= 4 is 5.91 Å². The van der Waals surface area contributed by atoms with Gasteiger partial charge in [-0.2, -0.15) is 0 Å². The summed E-state index contributed by atoms with van der Waals surface area (Å²) in [4.78, 5) is 16.3. The van der Waals surface area contributed by atoms with Crippen LogP contribution < -0.4 is 5.32 Å². The Hall–Kier alpha value is -2.99. The van der Waals surface area contributed by atoms with E-state index in [0.717, 1.165) is 11.1 Å². The molecule has 1 amide bonds. The Morgan fingerprint density at radius 3 is 2.67 bits per heavy atom. The third kappa shape index (κ3) is 5.01. The lowest BCUT2D eigenvalue weighted by molar-refractivity contribution is -0.121. The second-order valence-corrected chi connectivity index (χ2v) is 6.08. The van der Waals surface area contributed by atoms with Crippen LogP contribution in [0.4, 0.5) is 4.39 Å². The fourth-order valence-corrected chi connectivity index (χ4v) is 2.74. The summed E-state index contributed by atoms with van der Waals surface area (Å²) < 4.78 is 24.5. The van der Waals surface area contributed by atoms with Gasteiger partial charge in [0, 0.05) is 26.5 Å². The van der Waals surface area contributed by atoms with Gasteiger partial charge in [0.15, 0.2) is 11.7 Å². The van der Waals surface area contributed by atoms with Crippen LogP contribution in [0.2, 0.25) is 0 Å². The number of nitrogens with one attached hydrogen (secondary N) is 1. The van der Waals surface area contributed by atoms with E-state index in [1.54, 1.807) is 25.3 Å². The van der Waals surface area contributed by atoms with Crippen LogP contribution in [-0.2, 0) is 29.1 Å². The number of aryl methyl sites for hydroxylation is 1. The molecule has 27 heavy (non-hydrogen) atoms. The van der Waals surface area contributed by atoms with Gasteiger partial charge in [-0.1, -0.05) is 36.4 Å². The molecule has 0 saturated carbocycles. The molecule has 0 aliphatic heterocycles. The van der Waals surface area contributed by atoms with Crippen molar-refractivity contribution in [3.63, 3.8) is 0 Å². The number of carbonyl (C=O) groups is 1. The van der Waals surface area contributed by atoms with E-state index in [2.05, 4.69) is 10.3 Å². The largest absolute Gasteiger partial charge is 0.441 e. The van der Waals surface area contributed by atoms with Crippen LogP contribution in [0.3, 0.4) is 0 Å². The molecule has 0 unspecified atom stereocenters. The van der Waals surface area contributed by atoms with Crippen molar-refractivity contribution in [2.75, 3.05) is 7.11 Å². The van der Waals surface area contributed by atoms with Crippen molar-refractivity contribution in [1.29, 1.82) is 0 Å². The highest BCUT2D eigenvalue weighted by molar-refractivity contribution is 5.76. The summed E-state index contributed by atoms with van der Waals surface area (Å²) in [6.07, 6.45) is 2.07. The highest BCUT2D eigenvalue weighted by Gasteiger charge is 2.12. The maximum atomic E-state index is 13.8. The minimum atomic E-state index is -0.368. The number of methoxy groups -OCH3 is 1. The Morgan fingerprint density at radius 2 is 1.89 bits per heavy atom. The maximum absolute atomic E-state index is 13.8. The smallest absolute Gasteiger partial charge is 0.220 e. The van der Waals surface area contributed by atoms with E-state index in [4.69, 9.17) is 9.15 Å². The second-order valence-electron chi connectivity index (χ2n) is 6.08. The summed E-state index contributed by atoms with van der Waals surface area (Å²) in [7, 11) is 1.64. The average molecular weight is 368 g/mol. The van der Waals surface area contributed by atoms with E-state index in [-0.39, 0.29) is 18.1 Å². The zero-order valence-electron chi connectivity index (χ0n) is 15.1. The monoisotopic (exact) mass is 368 g/mol. The first kappa shape index (κ1) is 18.8. The summed E-state index contributed by atoms with van der Waals surface area (Å²) in [5.41, 5.74) is 2.42. The zero-order valence-corrected chi connectivity index (χ0v) is 15.1. The molecule has 0 aliphatic rings. The summed E-state index contributed by atoms with van der Waals surface area (Å²) >= 11 is 0. The average Bonchev–Trinajstić information content (AvgIpc) is 3.15. The highest BCUT2D eigenvalue weighted by atomic mass is 19.1. The van der Waals surface area contributed by atoms with E-state index in [1.807, 2.05) is 24.3 Å². The molecular formula is C21H21FN2O3. The van der Waals surface area contributed by atoms with Gasteiger partial charge in [-0.05, 0) is 23.3 Å². The van der Waals surface area contributed by atoms with Crippen LogP contribution in [0.1, 0.15) is 23.4 Å². The summed E-state index contributed by atoms with van der Waals surface area (Å²) in [6.45, 7) is 0.936. The van der Waals surface area contributed by atoms with E-state index in [1.165, 1.54) is 12.3 Å². The van der Waals surface area contributed by atoms with Crippen LogP contribution >= 0.6 is 0 Å². The molecule has 3 rings (SSSR count). The lowest BCUT2D eigenvalue weighted by Crippen LogP contribution is -2.23. The van der Waals surface area contributed by atoms with Crippen LogP contribution in [0, 0.1) is 5.82 Å². The Morgan fingerprint density at radius 1 is 1.15 bits per heavy atom. The van der Waals surface area contributed by atoms with E-state index >= 15 is 0 Å². The standard InChI is InChI=1S/C21H21FN2O3/c1-26-14-16-7-3-2-6-15(16)12-23-20(25)10-11-21-24-13-19(27-21)17-8-4-5-9-18(17)22/h2-9,13H,10-12,14H2,1H3,(H,23,25). The molecule has 140 valence electrons. The number of benzene rings is 2. The third-order valence-corrected chi connectivity index (χ3v) is 4.15. The van der Waals surface area contributed by atoms with Gasteiger partial charge in [-0.25, -0.2) is 9.37 Å². The van der Waals surface area contributed by atoms with Crippen molar-refractivity contribution in [3.8, 4) is 11.3 Å².